The van der Waals surface area contributed by atoms with Crippen molar-refractivity contribution in [3.05, 3.63) is 0 Å². The van der Waals surface area contributed by atoms with Crippen LogP contribution in [-0.4, -0.2) is 33.2 Å². The molecular formula is C10H19NO4. The third kappa shape index (κ3) is 3.35. The van der Waals surface area contributed by atoms with Crippen molar-refractivity contribution in [3.8, 4) is 0 Å². The van der Waals surface area contributed by atoms with Crippen LogP contribution in [-0.2, 0) is 14.2 Å². The first-order valence-corrected chi connectivity index (χ1v) is 5.16. The predicted molar refractivity (Wildman–Crippen MR) is 54.2 cm³/mol. The molecule has 0 bridgehead atoms. The smallest absolute Gasteiger partial charge is 0.404 e. The summed E-state index contributed by atoms with van der Waals surface area (Å²) in [4.78, 5) is 10.5. The number of hydrogen-bond acceptors (Lipinski definition) is 4. The maximum Gasteiger partial charge on any atom is 0.404 e. The van der Waals surface area contributed by atoms with Crippen LogP contribution in [0.15, 0.2) is 0 Å². The Bertz CT molecular complexity index is 206. The third-order valence-corrected chi connectivity index (χ3v) is 2.97. The van der Waals surface area contributed by atoms with Gasteiger partial charge in [-0.2, -0.15) is 0 Å². The lowest BCUT2D eigenvalue weighted by Crippen LogP contribution is -2.31. The lowest BCUT2D eigenvalue weighted by Gasteiger charge is -2.25. The minimum Gasteiger partial charge on any atom is -0.449 e. The van der Waals surface area contributed by atoms with Crippen molar-refractivity contribution in [2.24, 2.45) is 17.6 Å². The highest BCUT2D eigenvalue weighted by Gasteiger charge is 2.34. The molecule has 15 heavy (non-hydrogen) atoms. The van der Waals surface area contributed by atoms with E-state index in [9.17, 15) is 4.79 Å². The van der Waals surface area contributed by atoms with Crippen LogP contribution < -0.4 is 5.73 Å². The summed E-state index contributed by atoms with van der Waals surface area (Å²) in [6, 6.07) is 0. The minimum absolute atomic E-state index is 0.214. The van der Waals surface area contributed by atoms with E-state index in [4.69, 9.17) is 19.9 Å². The van der Waals surface area contributed by atoms with E-state index in [1.54, 1.807) is 14.2 Å². The maximum atomic E-state index is 10.5. The molecule has 1 fully saturated rings. The topological polar surface area (TPSA) is 70.8 Å². The van der Waals surface area contributed by atoms with Gasteiger partial charge in [0.15, 0.2) is 6.29 Å². The standard InChI is InChI=1S/C10H19NO4/c1-13-9(14-2)8-5-3-4-7(8)6-15-10(11)12/h7-9H,3-6H2,1-2H3,(H2,11,12)/t7-,8-/m1/s1. The molecule has 0 aromatic carbocycles. The fraction of sp³-hybridized carbons (Fsp3) is 0.900. The monoisotopic (exact) mass is 217 g/mol. The molecule has 1 aliphatic rings. The van der Waals surface area contributed by atoms with Gasteiger partial charge in [0.2, 0.25) is 0 Å². The molecule has 0 heterocycles. The summed E-state index contributed by atoms with van der Waals surface area (Å²) < 4.78 is 15.3. The van der Waals surface area contributed by atoms with Gasteiger partial charge in [-0.15, -0.1) is 0 Å². The summed E-state index contributed by atoms with van der Waals surface area (Å²) in [6.45, 7) is 0.364. The zero-order chi connectivity index (χ0) is 11.3. The number of methoxy groups -OCH3 is 2. The van der Waals surface area contributed by atoms with Gasteiger partial charge in [-0.3, -0.25) is 0 Å². The van der Waals surface area contributed by atoms with Gasteiger partial charge in [0.1, 0.15) is 0 Å². The number of rotatable bonds is 5. The molecule has 1 amide bonds. The minimum atomic E-state index is -0.716. The van der Waals surface area contributed by atoms with E-state index in [-0.39, 0.29) is 6.29 Å². The Hall–Kier alpha value is -0.810. The van der Waals surface area contributed by atoms with E-state index in [0.717, 1.165) is 19.3 Å². The normalized spacial score (nSPS) is 25.8. The van der Waals surface area contributed by atoms with Crippen molar-refractivity contribution in [2.75, 3.05) is 20.8 Å². The number of amides is 1. The molecule has 0 spiro atoms. The van der Waals surface area contributed by atoms with Gasteiger partial charge in [-0.05, 0) is 12.8 Å². The molecular weight excluding hydrogens is 198 g/mol. The fourth-order valence-corrected chi connectivity index (χ4v) is 2.27. The highest BCUT2D eigenvalue weighted by Crippen LogP contribution is 2.35. The van der Waals surface area contributed by atoms with Crippen LogP contribution in [0.3, 0.4) is 0 Å². The average molecular weight is 217 g/mol. The first-order chi connectivity index (χ1) is 7.19. The van der Waals surface area contributed by atoms with Crippen molar-refractivity contribution >= 4 is 6.09 Å². The summed E-state index contributed by atoms with van der Waals surface area (Å²) in [5.74, 6) is 0.585. The summed E-state index contributed by atoms with van der Waals surface area (Å²) in [7, 11) is 3.25. The van der Waals surface area contributed by atoms with Crippen molar-refractivity contribution in [2.45, 2.75) is 25.6 Å². The van der Waals surface area contributed by atoms with Gasteiger partial charge in [0.05, 0.1) is 6.61 Å². The molecule has 0 saturated heterocycles. The molecule has 88 valence electrons. The molecule has 1 rings (SSSR count). The molecule has 0 aromatic heterocycles. The second-order valence-electron chi connectivity index (χ2n) is 3.82. The van der Waals surface area contributed by atoms with Crippen molar-refractivity contribution in [3.63, 3.8) is 0 Å². The average Bonchev–Trinajstić information content (AvgIpc) is 2.65. The first kappa shape index (κ1) is 12.3. The van der Waals surface area contributed by atoms with Crippen LogP contribution in [0.5, 0.6) is 0 Å². The van der Waals surface area contributed by atoms with E-state index >= 15 is 0 Å². The number of hydrogen-bond donors (Lipinski definition) is 1. The Morgan fingerprint density at radius 2 is 2.07 bits per heavy atom. The molecule has 5 heteroatoms. The molecule has 0 aromatic rings. The van der Waals surface area contributed by atoms with Crippen LogP contribution in [0, 0.1) is 11.8 Å². The van der Waals surface area contributed by atoms with Gasteiger partial charge < -0.3 is 19.9 Å². The van der Waals surface area contributed by atoms with Gasteiger partial charge in [0.25, 0.3) is 0 Å². The number of ether oxygens (including phenoxy) is 3. The Morgan fingerprint density at radius 3 is 2.60 bits per heavy atom. The van der Waals surface area contributed by atoms with Crippen molar-refractivity contribution in [1.29, 1.82) is 0 Å². The van der Waals surface area contributed by atoms with Crippen LogP contribution in [0.1, 0.15) is 19.3 Å². The van der Waals surface area contributed by atoms with E-state index in [1.807, 2.05) is 0 Å². The Kier molecular flexibility index (Phi) is 4.84. The molecule has 2 N–H and O–H groups in total. The van der Waals surface area contributed by atoms with Crippen LogP contribution >= 0.6 is 0 Å². The summed E-state index contributed by atoms with van der Waals surface area (Å²) in [5, 5.41) is 0. The van der Waals surface area contributed by atoms with Gasteiger partial charge in [0, 0.05) is 26.1 Å². The van der Waals surface area contributed by atoms with E-state index in [0.29, 0.717) is 18.4 Å². The quantitative estimate of drug-likeness (QED) is 0.700. The second-order valence-corrected chi connectivity index (χ2v) is 3.82. The van der Waals surface area contributed by atoms with E-state index in [2.05, 4.69) is 0 Å². The molecule has 2 atom stereocenters. The highest BCUT2D eigenvalue weighted by atomic mass is 16.7. The lowest BCUT2D eigenvalue weighted by atomic mass is 9.96. The second kappa shape index (κ2) is 5.92. The van der Waals surface area contributed by atoms with E-state index in [1.165, 1.54) is 0 Å². The van der Waals surface area contributed by atoms with E-state index < -0.39 is 6.09 Å². The highest BCUT2D eigenvalue weighted by molar-refractivity contribution is 5.64. The molecule has 0 unspecified atom stereocenters. The van der Waals surface area contributed by atoms with Gasteiger partial charge in [-0.25, -0.2) is 4.79 Å². The Balaban J connectivity index is 2.44. The summed E-state index contributed by atoms with van der Waals surface area (Å²) >= 11 is 0. The van der Waals surface area contributed by atoms with Crippen molar-refractivity contribution in [1.82, 2.24) is 0 Å². The summed E-state index contributed by atoms with van der Waals surface area (Å²) in [5.41, 5.74) is 4.93. The molecule has 1 aliphatic carbocycles. The third-order valence-electron chi connectivity index (χ3n) is 2.97. The summed E-state index contributed by atoms with van der Waals surface area (Å²) in [6.07, 6.45) is 2.25. The zero-order valence-corrected chi connectivity index (χ0v) is 9.27. The van der Waals surface area contributed by atoms with Crippen LogP contribution in [0.25, 0.3) is 0 Å². The number of primary amides is 1. The SMILES string of the molecule is COC(OC)[C@@H]1CCC[C@@H]1COC(N)=O. The number of carbonyl (C=O) groups excluding carboxylic acids is 1. The molecule has 5 nitrogen and oxygen atoms in total. The van der Waals surface area contributed by atoms with Gasteiger partial charge >= 0.3 is 6.09 Å². The van der Waals surface area contributed by atoms with Crippen LogP contribution in [0.2, 0.25) is 0 Å². The number of carbonyl (C=O) groups is 1. The zero-order valence-electron chi connectivity index (χ0n) is 9.27. The Morgan fingerprint density at radius 1 is 1.40 bits per heavy atom. The largest absolute Gasteiger partial charge is 0.449 e. The predicted octanol–water partition coefficient (Wildman–Crippen LogP) is 1.12. The Labute approximate surface area is 89.9 Å². The molecule has 1 saturated carbocycles. The fourth-order valence-electron chi connectivity index (χ4n) is 2.27. The first-order valence-electron chi connectivity index (χ1n) is 5.16. The lowest BCUT2D eigenvalue weighted by molar-refractivity contribution is -0.147. The maximum absolute atomic E-state index is 10.5. The number of nitrogens with two attached hydrogens (primary N) is 1. The van der Waals surface area contributed by atoms with Gasteiger partial charge in [-0.1, -0.05) is 6.42 Å². The molecule has 0 aliphatic heterocycles. The van der Waals surface area contributed by atoms with Crippen molar-refractivity contribution < 1.29 is 19.0 Å². The molecule has 0 radical (unpaired) electrons. The van der Waals surface area contributed by atoms with Crippen LogP contribution in [0.4, 0.5) is 4.79 Å².